The van der Waals surface area contributed by atoms with Gasteiger partial charge in [-0.2, -0.15) is 4.31 Å². The van der Waals surface area contributed by atoms with Crippen LogP contribution in [-0.2, 0) is 10.0 Å². The van der Waals surface area contributed by atoms with Gasteiger partial charge in [0.2, 0.25) is 10.0 Å². The van der Waals surface area contributed by atoms with Crippen LogP contribution in [0, 0.1) is 5.82 Å². The molecule has 5 nitrogen and oxygen atoms in total. The fourth-order valence-electron chi connectivity index (χ4n) is 2.02. The fraction of sp³-hybridized carbons (Fsp3) is 0.308. The van der Waals surface area contributed by atoms with Gasteiger partial charge in [0, 0.05) is 18.1 Å². The summed E-state index contributed by atoms with van der Waals surface area (Å²) in [5, 5.41) is 8.77. The number of halogens is 2. The molecule has 2 rings (SSSR count). The average Bonchev–Trinajstić information content (AvgIpc) is 2.41. The molecule has 114 valence electrons. The summed E-state index contributed by atoms with van der Waals surface area (Å²) in [6.07, 6.45) is 2.29. The molecule has 0 aliphatic carbocycles. The van der Waals surface area contributed by atoms with E-state index in [1.807, 2.05) is 6.92 Å². The van der Waals surface area contributed by atoms with Gasteiger partial charge >= 0.3 is 5.97 Å². The van der Waals surface area contributed by atoms with Crippen LogP contribution >= 0.6 is 11.6 Å². The van der Waals surface area contributed by atoms with Crippen LogP contribution in [0.5, 0.6) is 0 Å². The van der Waals surface area contributed by atoms with Crippen molar-refractivity contribution in [1.82, 2.24) is 4.31 Å². The van der Waals surface area contributed by atoms with Gasteiger partial charge in [-0.1, -0.05) is 23.3 Å². The highest BCUT2D eigenvalue weighted by molar-refractivity contribution is 7.89. The molecule has 1 aromatic carbocycles. The summed E-state index contributed by atoms with van der Waals surface area (Å²) in [6, 6.07) is 1.82. The molecule has 0 spiro atoms. The molecule has 0 saturated carbocycles. The van der Waals surface area contributed by atoms with Gasteiger partial charge in [-0.3, -0.25) is 0 Å². The van der Waals surface area contributed by atoms with Crippen LogP contribution in [0.4, 0.5) is 4.39 Å². The van der Waals surface area contributed by atoms with E-state index in [0.29, 0.717) is 6.42 Å². The first-order valence-corrected chi connectivity index (χ1v) is 7.93. The molecule has 1 aliphatic rings. The van der Waals surface area contributed by atoms with Crippen LogP contribution in [0.2, 0.25) is 5.02 Å². The molecule has 1 aliphatic heterocycles. The first kappa shape index (κ1) is 15.9. The summed E-state index contributed by atoms with van der Waals surface area (Å²) in [6.45, 7) is 2.23. The van der Waals surface area contributed by atoms with Crippen molar-refractivity contribution in [3.63, 3.8) is 0 Å². The number of benzene rings is 1. The largest absolute Gasteiger partial charge is 0.478 e. The molecule has 21 heavy (non-hydrogen) atoms. The first-order valence-electron chi connectivity index (χ1n) is 6.11. The third-order valence-electron chi connectivity index (χ3n) is 3.25. The SMILES string of the molecule is CC1=CCN(S(=O)(=O)c2cc(Cl)cc(C(=O)O)c2F)CC1. The second kappa shape index (κ2) is 5.75. The fourth-order valence-corrected chi connectivity index (χ4v) is 3.79. The Morgan fingerprint density at radius 1 is 1.43 bits per heavy atom. The van der Waals surface area contributed by atoms with Crippen molar-refractivity contribution < 1.29 is 22.7 Å². The third kappa shape index (κ3) is 3.09. The molecular formula is C13H13ClFNO4S. The van der Waals surface area contributed by atoms with Gasteiger partial charge in [0.05, 0.1) is 5.56 Å². The van der Waals surface area contributed by atoms with Gasteiger partial charge in [-0.25, -0.2) is 17.6 Å². The number of carboxylic acid groups (broad SMARTS) is 1. The van der Waals surface area contributed by atoms with Crippen molar-refractivity contribution in [2.24, 2.45) is 0 Å². The van der Waals surface area contributed by atoms with Crippen LogP contribution in [0.3, 0.4) is 0 Å². The van der Waals surface area contributed by atoms with Gasteiger partial charge in [-0.05, 0) is 25.5 Å². The van der Waals surface area contributed by atoms with E-state index in [1.165, 1.54) is 0 Å². The Hall–Kier alpha value is -1.44. The lowest BCUT2D eigenvalue weighted by Gasteiger charge is -2.25. The van der Waals surface area contributed by atoms with E-state index in [2.05, 4.69) is 0 Å². The molecule has 0 unspecified atom stereocenters. The zero-order valence-electron chi connectivity index (χ0n) is 11.1. The van der Waals surface area contributed by atoms with Crippen molar-refractivity contribution >= 4 is 27.6 Å². The van der Waals surface area contributed by atoms with Gasteiger partial charge < -0.3 is 5.11 Å². The number of carboxylic acids is 1. The number of nitrogens with zero attached hydrogens (tertiary/aromatic N) is 1. The molecule has 1 aromatic rings. The molecule has 0 amide bonds. The number of sulfonamides is 1. The molecule has 1 N–H and O–H groups in total. The lowest BCUT2D eigenvalue weighted by Crippen LogP contribution is -2.35. The Morgan fingerprint density at radius 2 is 2.10 bits per heavy atom. The maximum absolute atomic E-state index is 14.2. The van der Waals surface area contributed by atoms with E-state index in [-0.39, 0.29) is 18.1 Å². The Labute approximate surface area is 126 Å². The van der Waals surface area contributed by atoms with Crippen LogP contribution in [0.25, 0.3) is 0 Å². The Balaban J connectivity index is 2.53. The summed E-state index contributed by atoms with van der Waals surface area (Å²) in [4.78, 5) is 10.2. The normalized spacial score (nSPS) is 16.6. The van der Waals surface area contributed by atoms with Crippen LogP contribution in [0.15, 0.2) is 28.7 Å². The summed E-state index contributed by atoms with van der Waals surface area (Å²) in [5.74, 6) is -2.86. The van der Waals surface area contributed by atoms with E-state index in [1.54, 1.807) is 6.08 Å². The Morgan fingerprint density at radius 3 is 2.62 bits per heavy atom. The van der Waals surface area contributed by atoms with Gasteiger partial charge in [0.1, 0.15) is 4.90 Å². The quantitative estimate of drug-likeness (QED) is 0.862. The minimum atomic E-state index is -4.13. The van der Waals surface area contributed by atoms with Crippen LogP contribution in [-0.4, -0.2) is 36.9 Å². The Bertz CT molecular complexity index is 730. The molecule has 8 heteroatoms. The number of aromatic carboxylic acids is 1. The van der Waals surface area contributed by atoms with E-state index >= 15 is 0 Å². The zero-order chi connectivity index (χ0) is 15.8. The predicted molar refractivity (Wildman–Crippen MR) is 75.5 cm³/mol. The molecule has 0 aromatic heterocycles. The van der Waals surface area contributed by atoms with Crippen molar-refractivity contribution in [1.29, 1.82) is 0 Å². The maximum atomic E-state index is 14.2. The average molecular weight is 334 g/mol. The number of rotatable bonds is 3. The molecule has 0 bridgehead atoms. The molecule has 0 atom stereocenters. The van der Waals surface area contributed by atoms with Crippen LogP contribution < -0.4 is 0 Å². The standard InChI is InChI=1S/C13H13ClFNO4S/c1-8-2-4-16(5-3-8)21(19,20)11-7-9(14)6-10(12(11)15)13(17)18/h2,6-7H,3-5H2,1H3,(H,17,18). The second-order valence-electron chi connectivity index (χ2n) is 4.73. The second-order valence-corrected chi connectivity index (χ2v) is 7.08. The predicted octanol–water partition coefficient (Wildman–Crippen LogP) is 2.52. The zero-order valence-corrected chi connectivity index (χ0v) is 12.7. The monoisotopic (exact) mass is 333 g/mol. The maximum Gasteiger partial charge on any atom is 0.338 e. The summed E-state index contributed by atoms with van der Waals surface area (Å²) < 4.78 is 40.2. The van der Waals surface area contributed by atoms with Crippen molar-refractivity contribution in [2.75, 3.05) is 13.1 Å². The molecular weight excluding hydrogens is 321 g/mol. The van der Waals surface area contributed by atoms with Crippen molar-refractivity contribution in [2.45, 2.75) is 18.2 Å². The highest BCUT2D eigenvalue weighted by atomic mass is 35.5. The number of hydrogen-bond acceptors (Lipinski definition) is 3. The minimum absolute atomic E-state index is 0.128. The van der Waals surface area contributed by atoms with Gasteiger partial charge in [0.25, 0.3) is 0 Å². The van der Waals surface area contributed by atoms with Gasteiger partial charge in [-0.15, -0.1) is 0 Å². The molecule has 0 fully saturated rings. The smallest absolute Gasteiger partial charge is 0.338 e. The van der Waals surface area contributed by atoms with Crippen molar-refractivity contribution in [3.8, 4) is 0 Å². The third-order valence-corrected chi connectivity index (χ3v) is 5.33. The summed E-state index contributed by atoms with van der Waals surface area (Å²) >= 11 is 5.71. The topological polar surface area (TPSA) is 74.7 Å². The number of carbonyl (C=O) groups is 1. The number of hydrogen-bond donors (Lipinski definition) is 1. The molecule has 1 heterocycles. The highest BCUT2D eigenvalue weighted by Gasteiger charge is 2.31. The van der Waals surface area contributed by atoms with Gasteiger partial charge in [0.15, 0.2) is 5.82 Å². The van der Waals surface area contributed by atoms with E-state index in [4.69, 9.17) is 16.7 Å². The minimum Gasteiger partial charge on any atom is -0.478 e. The van der Waals surface area contributed by atoms with E-state index < -0.39 is 32.3 Å². The first-order chi connectivity index (χ1) is 9.73. The lowest BCUT2D eigenvalue weighted by molar-refractivity contribution is 0.0691. The summed E-state index contributed by atoms with van der Waals surface area (Å²) in [5.41, 5.74) is 0.295. The van der Waals surface area contributed by atoms with Crippen LogP contribution in [0.1, 0.15) is 23.7 Å². The highest BCUT2D eigenvalue weighted by Crippen LogP contribution is 2.27. The van der Waals surface area contributed by atoms with E-state index in [9.17, 15) is 17.6 Å². The lowest BCUT2D eigenvalue weighted by atomic mass is 10.1. The molecule has 0 radical (unpaired) electrons. The van der Waals surface area contributed by atoms with E-state index in [0.717, 1.165) is 22.0 Å². The summed E-state index contributed by atoms with van der Waals surface area (Å²) in [7, 11) is -4.13. The molecule has 0 saturated heterocycles. The van der Waals surface area contributed by atoms with Crippen molar-refractivity contribution in [3.05, 3.63) is 40.2 Å². The Kier molecular flexibility index (Phi) is 4.36.